The summed E-state index contributed by atoms with van der Waals surface area (Å²) in [4.78, 5) is 13.4. The van der Waals surface area contributed by atoms with E-state index in [1.807, 2.05) is 14.1 Å². The normalized spacial score (nSPS) is 26.6. The molecule has 94 valence electrons. The van der Waals surface area contributed by atoms with E-state index in [4.69, 9.17) is 0 Å². The maximum atomic E-state index is 11.7. The van der Waals surface area contributed by atoms with Gasteiger partial charge in [-0.05, 0) is 36.5 Å². The van der Waals surface area contributed by atoms with E-state index in [0.29, 0.717) is 17.2 Å². The first-order chi connectivity index (χ1) is 7.30. The summed E-state index contributed by atoms with van der Waals surface area (Å²) >= 11 is 0. The van der Waals surface area contributed by atoms with E-state index < -0.39 is 0 Å². The molecule has 0 aliphatic heterocycles. The average molecular weight is 225 g/mol. The minimum atomic E-state index is 0.291. The molecule has 1 aliphatic carbocycles. The van der Waals surface area contributed by atoms with Gasteiger partial charge in [0, 0.05) is 20.5 Å². The molecule has 1 aliphatic rings. The Kier molecular flexibility index (Phi) is 4.40. The zero-order valence-corrected chi connectivity index (χ0v) is 11.5. The van der Waals surface area contributed by atoms with E-state index in [2.05, 4.69) is 20.8 Å². The van der Waals surface area contributed by atoms with Gasteiger partial charge in [0.2, 0.25) is 5.91 Å². The lowest BCUT2D eigenvalue weighted by molar-refractivity contribution is -0.130. The van der Waals surface area contributed by atoms with Crippen molar-refractivity contribution in [3.63, 3.8) is 0 Å². The van der Waals surface area contributed by atoms with Crippen LogP contribution in [-0.2, 0) is 4.79 Å². The van der Waals surface area contributed by atoms with Gasteiger partial charge in [-0.3, -0.25) is 4.79 Å². The highest BCUT2D eigenvalue weighted by molar-refractivity contribution is 5.75. The highest BCUT2D eigenvalue weighted by Gasteiger charge is 2.31. The summed E-state index contributed by atoms with van der Waals surface area (Å²) in [6.45, 7) is 6.98. The lowest BCUT2D eigenvalue weighted by atomic mass is 9.68. The summed E-state index contributed by atoms with van der Waals surface area (Å²) in [5.41, 5.74) is 0.403. The molecule has 0 radical (unpaired) electrons. The Morgan fingerprint density at radius 2 is 1.88 bits per heavy atom. The van der Waals surface area contributed by atoms with Gasteiger partial charge in [0.1, 0.15) is 0 Å². The smallest absolute Gasteiger partial charge is 0.222 e. The Hall–Kier alpha value is -0.530. The van der Waals surface area contributed by atoms with Crippen LogP contribution >= 0.6 is 0 Å². The van der Waals surface area contributed by atoms with Crippen molar-refractivity contribution in [3.05, 3.63) is 0 Å². The minimum Gasteiger partial charge on any atom is -0.349 e. The van der Waals surface area contributed by atoms with E-state index in [1.54, 1.807) is 4.90 Å². The van der Waals surface area contributed by atoms with E-state index >= 15 is 0 Å². The molecule has 0 N–H and O–H groups in total. The van der Waals surface area contributed by atoms with Crippen LogP contribution in [0.1, 0.15) is 52.9 Å². The van der Waals surface area contributed by atoms with Crippen molar-refractivity contribution >= 4 is 5.91 Å². The summed E-state index contributed by atoms with van der Waals surface area (Å²) in [6.07, 6.45) is 5.87. The van der Waals surface area contributed by atoms with Gasteiger partial charge in [0.05, 0.1) is 0 Å². The molecule has 2 unspecified atom stereocenters. The molecule has 1 saturated carbocycles. The molecule has 16 heavy (non-hydrogen) atoms. The number of hydrogen-bond donors (Lipinski definition) is 0. The van der Waals surface area contributed by atoms with Crippen molar-refractivity contribution < 1.29 is 4.79 Å². The summed E-state index contributed by atoms with van der Waals surface area (Å²) in [7, 11) is 3.71. The third kappa shape index (κ3) is 3.80. The van der Waals surface area contributed by atoms with Gasteiger partial charge in [-0.2, -0.15) is 0 Å². The van der Waals surface area contributed by atoms with Crippen molar-refractivity contribution in [1.29, 1.82) is 0 Å². The van der Waals surface area contributed by atoms with Gasteiger partial charge < -0.3 is 4.90 Å². The van der Waals surface area contributed by atoms with Crippen LogP contribution in [0.2, 0.25) is 0 Å². The number of hydrogen-bond acceptors (Lipinski definition) is 1. The quantitative estimate of drug-likeness (QED) is 0.706. The van der Waals surface area contributed by atoms with Crippen molar-refractivity contribution in [1.82, 2.24) is 4.90 Å². The first-order valence-corrected chi connectivity index (χ1v) is 6.51. The van der Waals surface area contributed by atoms with Crippen LogP contribution in [0.25, 0.3) is 0 Å². The Balaban J connectivity index is 2.48. The molecule has 0 aromatic rings. The third-order valence-electron chi connectivity index (χ3n) is 3.97. The molecular formula is C14H27NO. The van der Waals surface area contributed by atoms with Crippen molar-refractivity contribution in [2.45, 2.75) is 52.9 Å². The van der Waals surface area contributed by atoms with E-state index in [0.717, 1.165) is 12.3 Å². The molecule has 2 heteroatoms. The summed E-state index contributed by atoms with van der Waals surface area (Å²) in [5, 5.41) is 0. The van der Waals surface area contributed by atoms with Crippen LogP contribution in [0.3, 0.4) is 0 Å². The molecule has 0 bridgehead atoms. The maximum Gasteiger partial charge on any atom is 0.222 e. The van der Waals surface area contributed by atoms with Crippen LogP contribution in [0.15, 0.2) is 0 Å². The fourth-order valence-corrected chi connectivity index (χ4v) is 2.69. The zero-order chi connectivity index (χ0) is 12.3. The van der Waals surface area contributed by atoms with Crippen LogP contribution in [0, 0.1) is 17.3 Å². The Labute approximate surface area is 100 Å². The number of amides is 1. The van der Waals surface area contributed by atoms with Gasteiger partial charge in [-0.15, -0.1) is 0 Å². The Morgan fingerprint density at radius 3 is 2.38 bits per heavy atom. The number of rotatable bonds is 2. The molecule has 0 saturated heterocycles. The minimum absolute atomic E-state index is 0.291. The third-order valence-corrected chi connectivity index (χ3v) is 3.97. The van der Waals surface area contributed by atoms with Crippen LogP contribution in [0.5, 0.6) is 0 Å². The summed E-state index contributed by atoms with van der Waals surface area (Å²) < 4.78 is 0. The fraction of sp³-hybridized carbons (Fsp3) is 0.929. The zero-order valence-electron chi connectivity index (χ0n) is 11.5. The average Bonchev–Trinajstić information content (AvgIpc) is 2.16. The second-order valence-corrected chi connectivity index (χ2v) is 6.59. The van der Waals surface area contributed by atoms with Gasteiger partial charge in [-0.1, -0.05) is 27.2 Å². The van der Waals surface area contributed by atoms with Gasteiger partial charge in [-0.25, -0.2) is 0 Å². The second kappa shape index (κ2) is 5.20. The molecule has 1 fully saturated rings. The Bertz CT molecular complexity index is 240. The number of nitrogens with zero attached hydrogens (tertiary/aromatic N) is 1. The summed E-state index contributed by atoms with van der Waals surface area (Å²) in [6, 6.07) is 0. The second-order valence-electron chi connectivity index (χ2n) is 6.59. The largest absolute Gasteiger partial charge is 0.349 e. The van der Waals surface area contributed by atoms with Gasteiger partial charge >= 0.3 is 0 Å². The van der Waals surface area contributed by atoms with Crippen molar-refractivity contribution in [3.8, 4) is 0 Å². The highest BCUT2D eigenvalue weighted by Crippen LogP contribution is 2.41. The first kappa shape index (κ1) is 13.5. The standard InChI is InChI=1S/C14H27NO/c1-14(2,3)12-8-6-7-11(9-12)10-13(16)15(4)5/h11-12H,6-10H2,1-5H3. The molecular weight excluding hydrogens is 198 g/mol. The van der Waals surface area contributed by atoms with Crippen LogP contribution < -0.4 is 0 Å². The fourth-order valence-electron chi connectivity index (χ4n) is 2.69. The molecule has 2 nitrogen and oxygen atoms in total. The van der Waals surface area contributed by atoms with E-state index in [-0.39, 0.29) is 0 Å². The lowest BCUT2D eigenvalue weighted by Gasteiger charge is -2.37. The number of carbonyl (C=O) groups is 1. The van der Waals surface area contributed by atoms with Gasteiger partial charge in [0.15, 0.2) is 0 Å². The van der Waals surface area contributed by atoms with E-state index in [9.17, 15) is 4.79 Å². The molecule has 1 amide bonds. The molecule has 0 spiro atoms. The van der Waals surface area contributed by atoms with Crippen molar-refractivity contribution in [2.75, 3.05) is 14.1 Å². The first-order valence-electron chi connectivity index (χ1n) is 6.51. The molecule has 0 aromatic carbocycles. The van der Waals surface area contributed by atoms with Crippen molar-refractivity contribution in [2.24, 2.45) is 17.3 Å². The van der Waals surface area contributed by atoms with E-state index in [1.165, 1.54) is 25.7 Å². The van der Waals surface area contributed by atoms with Gasteiger partial charge in [0.25, 0.3) is 0 Å². The predicted molar refractivity (Wildman–Crippen MR) is 68.2 cm³/mol. The molecule has 0 heterocycles. The monoisotopic (exact) mass is 225 g/mol. The predicted octanol–water partition coefficient (Wildman–Crippen LogP) is 3.32. The SMILES string of the molecule is CN(C)C(=O)CC1CCCC(C(C)(C)C)C1. The summed E-state index contributed by atoms with van der Waals surface area (Å²) in [5.74, 6) is 1.70. The Morgan fingerprint density at radius 1 is 1.25 bits per heavy atom. The topological polar surface area (TPSA) is 20.3 Å². The van der Waals surface area contributed by atoms with Crippen LogP contribution in [0.4, 0.5) is 0 Å². The number of carbonyl (C=O) groups excluding carboxylic acids is 1. The highest BCUT2D eigenvalue weighted by atomic mass is 16.2. The molecule has 1 rings (SSSR count). The molecule has 0 aromatic heterocycles. The lowest BCUT2D eigenvalue weighted by Crippen LogP contribution is -2.30. The van der Waals surface area contributed by atoms with Crippen LogP contribution in [-0.4, -0.2) is 24.9 Å². The maximum absolute atomic E-state index is 11.7. The molecule has 2 atom stereocenters.